The van der Waals surface area contributed by atoms with E-state index in [9.17, 15) is 0 Å². The van der Waals surface area contributed by atoms with E-state index >= 15 is 0 Å². The zero-order chi connectivity index (χ0) is 18.3. The minimum Gasteiger partial charge on any atom is -0.443 e. The Balaban J connectivity index is 0.00000338. The standard InChI is InChI=1S/C18H32N4O3.HI/c1-6-19-17(22-13(2)11-24-14-7-8-23-12-14)21-10-16-20-9-15(25-16)18(3,4)5;/h9,13-14H,6-8,10-12H2,1-5H3,(H2,19,21,22);1H. The Hall–Kier alpha value is -0.870. The van der Waals surface area contributed by atoms with Gasteiger partial charge in [0.15, 0.2) is 5.96 Å². The number of nitrogens with one attached hydrogen (secondary N) is 2. The highest BCUT2D eigenvalue weighted by atomic mass is 127. The van der Waals surface area contributed by atoms with Crippen molar-refractivity contribution in [2.24, 2.45) is 4.99 Å². The molecule has 8 heteroatoms. The van der Waals surface area contributed by atoms with Gasteiger partial charge in [0.2, 0.25) is 5.89 Å². The number of nitrogens with zero attached hydrogens (tertiary/aromatic N) is 2. The summed E-state index contributed by atoms with van der Waals surface area (Å²) >= 11 is 0. The molecule has 150 valence electrons. The van der Waals surface area contributed by atoms with E-state index in [0.717, 1.165) is 31.3 Å². The molecular formula is C18H33IN4O3. The van der Waals surface area contributed by atoms with Crippen LogP contribution in [0.3, 0.4) is 0 Å². The first-order valence-electron chi connectivity index (χ1n) is 9.08. The zero-order valence-electron chi connectivity index (χ0n) is 16.5. The predicted octanol–water partition coefficient (Wildman–Crippen LogP) is 2.84. The van der Waals surface area contributed by atoms with Gasteiger partial charge in [0.05, 0.1) is 25.5 Å². The van der Waals surface area contributed by atoms with E-state index in [1.807, 2.05) is 6.92 Å². The van der Waals surface area contributed by atoms with Crippen molar-refractivity contribution in [2.75, 3.05) is 26.4 Å². The molecule has 1 saturated heterocycles. The number of guanidine groups is 1. The Labute approximate surface area is 173 Å². The van der Waals surface area contributed by atoms with Crippen molar-refractivity contribution in [2.45, 2.75) is 65.1 Å². The summed E-state index contributed by atoms with van der Waals surface area (Å²) in [5, 5.41) is 6.59. The van der Waals surface area contributed by atoms with Crippen LogP contribution in [0, 0.1) is 0 Å². The van der Waals surface area contributed by atoms with E-state index in [0.29, 0.717) is 25.6 Å². The summed E-state index contributed by atoms with van der Waals surface area (Å²) in [6.07, 6.45) is 2.97. The Bertz CT molecular complexity index is 551. The maximum absolute atomic E-state index is 5.85. The molecule has 0 bridgehead atoms. The first kappa shape index (κ1) is 23.2. The minimum absolute atomic E-state index is 0. The summed E-state index contributed by atoms with van der Waals surface area (Å²) in [7, 11) is 0. The Kier molecular flexibility index (Phi) is 9.88. The molecule has 1 aliphatic rings. The first-order valence-corrected chi connectivity index (χ1v) is 9.08. The van der Waals surface area contributed by atoms with Crippen LogP contribution in [0.15, 0.2) is 15.6 Å². The average Bonchev–Trinajstić information content (AvgIpc) is 3.22. The number of hydrogen-bond donors (Lipinski definition) is 2. The van der Waals surface area contributed by atoms with Crippen LogP contribution >= 0.6 is 24.0 Å². The van der Waals surface area contributed by atoms with Gasteiger partial charge in [-0.15, -0.1) is 24.0 Å². The van der Waals surface area contributed by atoms with E-state index in [2.05, 4.69) is 48.3 Å². The van der Waals surface area contributed by atoms with Crippen molar-refractivity contribution >= 4 is 29.9 Å². The lowest BCUT2D eigenvalue weighted by Crippen LogP contribution is -2.44. The topological polar surface area (TPSA) is 80.9 Å². The van der Waals surface area contributed by atoms with Gasteiger partial charge < -0.3 is 24.5 Å². The van der Waals surface area contributed by atoms with Gasteiger partial charge in [-0.05, 0) is 20.3 Å². The average molecular weight is 480 g/mol. The molecule has 0 radical (unpaired) electrons. The number of oxazole rings is 1. The molecule has 0 aromatic carbocycles. The lowest BCUT2D eigenvalue weighted by atomic mass is 9.94. The summed E-state index contributed by atoms with van der Waals surface area (Å²) in [5.41, 5.74) is -0.0481. The highest BCUT2D eigenvalue weighted by molar-refractivity contribution is 14.0. The fraction of sp³-hybridized carbons (Fsp3) is 0.778. The smallest absolute Gasteiger partial charge is 0.216 e. The Morgan fingerprint density at radius 3 is 2.81 bits per heavy atom. The van der Waals surface area contributed by atoms with Crippen molar-refractivity contribution in [1.29, 1.82) is 0 Å². The highest BCUT2D eigenvalue weighted by Gasteiger charge is 2.19. The van der Waals surface area contributed by atoms with E-state index < -0.39 is 0 Å². The lowest BCUT2D eigenvalue weighted by Gasteiger charge is -2.19. The second-order valence-electron chi connectivity index (χ2n) is 7.43. The van der Waals surface area contributed by atoms with Gasteiger partial charge in [0.25, 0.3) is 0 Å². The van der Waals surface area contributed by atoms with Gasteiger partial charge in [0.1, 0.15) is 12.3 Å². The predicted molar refractivity (Wildman–Crippen MR) is 113 cm³/mol. The fourth-order valence-corrected chi connectivity index (χ4v) is 2.40. The number of hydrogen-bond acceptors (Lipinski definition) is 5. The third-order valence-corrected chi connectivity index (χ3v) is 3.86. The normalized spacial score (nSPS) is 19.1. The third kappa shape index (κ3) is 7.79. The van der Waals surface area contributed by atoms with Crippen LogP contribution in [0.5, 0.6) is 0 Å². The van der Waals surface area contributed by atoms with E-state index in [4.69, 9.17) is 13.9 Å². The molecule has 26 heavy (non-hydrogen) atoms. The molecule has 1 aliphatic heterocycles. The van der Waals surface area contributed by atoms with Crippen molar-refractivity contribution < 1.29 is 13.9 Å². The lowest BCUT2D eigenvalue weighted by molar-refractivity contribution is 0.0347. The van der Waals surface area contributed by atoms with Gasteiger partial charge in [0, 0.05) is 24.6 Å². The molecule has 0 amide bonds. The van der Waals surface area contributed by atoms with Crippen LogP contribution < -0.4 is 10.6 Å². The molecule has 2 rings (SSSR count). The van der Waals surface area contributed by atoms with Crippen LogP contribution in [0.25, 0.3) is 0 Å². The second kappa shape index (κ2) is 11.1. The number of aliphatic imine (C=N–C) groups is 1. The molecule has 1 fully saturated rings. The fourth-order valence-electron chi connectivity index (χ4n) is 2.40. The summed E-state index contributed by atoms with van der Waals surface area (Å²) in [5.74, 6) is 2.22. The molecule has 7 nitrogen and oxygen atoms in total. The zero-order valence-corrected chi connectivity index (χ0v) is 18.8. The van der Waals surface area contributed by atoms with Gasteiger partial charge in [-0.3, -0.25) is 0 Å². The number of ether oxygens (including phenoxy) is 2. The summed E-state index contributed by atoms with van der Waals surface area (Å²) in [6, 6.07) is 0.146. The Morgan fingerprint density at radius 1 is 1.46 bits per heavy atom. The van der Waals surface area contributed by atoms with Crippen LogP contribution in [-0.2, 0) is 21.4 Å². The van der Waals surface area contributed by atoms with Crippen molar-refractivity contribution in [1.82, 2.24) is 15.6 Å². The molecule has 1 aromatic heterocycles. The van der Waals surface area contributed by atoms with Crippen LogP contribution in [0.1, 0.15) is 52.7 Å². The molecule has 2 unspecified atom stereocenters. The van der Waals surface area contributed by atoms with Gasteiger partial charge in [-0.25, -0.2) is 9.98 Å². The van der Waals surface area contributed by atoms with Crippen LogP contribution in [0.2, 0.25) is 0 Å². The summed E-state index contributed by atoms with van der Waals surface area (Å²) in [4.78, 5) is 8.87. The first-order chi connectivity index (χ1) is 11.9. The molecule has 0 saturated carbocycles. The molecule has 2 atom stereocenters. The van der Waals surface area contributed by atoms with Crippen molar-refractivity contribution in [3.05, 3.63) is 17.8 Å². The third-order valence-electron chi connectivity index (χ3n) is 3.86. The molecule has 2 heterocycles. The SMILES string of the molecule is CCNC(=NCc1ncc(C(C)(C)C)o1)NC(C)COC1CCOC1.I. The van der Waals surface area contributed by atoms with E-state index in [1.54, 1.807) is 6.20 Å². The number of rotatable bonds is 7. The molecule has 0 aliphatic carbocycles. The summed E-state index contributed by atoms with van der Waals surface area (Å²) in [6.45, 7) is 13.7. The Morgan fingerprint density at radius 2 is 2.23 bits per heavy atom. The van der Waals surface area contributed by atoms with Crippen molar-refractivity contribution in [3.8, 4) is 0 Å². The van der Waals surface area contributed by atoms with Gasteiger partial charge >= 0.3 is 0 Å². The molecule has 0 spiro atoms. The second-order valence-corrected chi connectivity index (χ2v) is 7.43. The maximum atomic E-state index is 5.85. The molecule has 2 N–H and O–H groups in total. The largest absolute Gasteiger partial charge is 0.443 e. The summed E-state index contributed by atoms with van der Waals surface area (Å²) < 4.78 is 17.0. The monoisotopic (exact) mass is 480 g/mol. The quantitative estimate of drug-likeness (QED) is 0.355. The van der Waals surface area contributed by atoms with E-state index in [-0.39, 0.29) is 41.5 Å². The van der Waals surface area contributed by atoms with Crippen LogP contribution in [0.4, 0.5) is 0 Å². The van der Waals surface area contributed by atoms with Gasteiger partial charge in [-0.2, -0.15) is 0 Å². The van der Waals surface area contributed by atoms with Gasteiger partial charge in [-0.1, -0.05) is 20.8 Å². The van der Waals surface area contributed by atoms with E-state index in [1.165, 1.54) is 0 Å². The maximum Gasteiger partial charge on any atom is 0.216 e. The van der Waals surface area contributed by atoms with Crippen LogP contribution in [-0.4, -0.2) is 49.5 Å². The number of aromatic nitrogens is 1. The minimum atomic E-state index is -0.0481. The molecule has 1 aromatic rings. The molecular weight excluding hydrogens is 447 g/mol. The highest BCUT2D eigenvalue weighted by Crippen LogP contribution is 2.22. The number of halogens is 1. The van der Waals surface area contributed by atoms with Crippen molar-refractivity contribution in [3.63, 3.8) is 0 Å².